The second kappa shape index (κ2) is 9.27. The zero-order chi connectivity index (χ0) is 18.4. The molecule has 2 aromatic rings. The van der Waals surface area contributed by atoms with E-state index in [0.29, 0.717) is 12.0 Å². The number of hydrogen-bond acceptors (Lipinski definition) is 3. The third-order valence-electron chi connectivity index (χ3n) is 5.33. The van der Waals surface area contributed by atoms with Crippen LogP contribution in [0.15, 0.2) is 54.6 Å². The Morgan fingerprint density at radius 2 is 1.92 bits per heavy atom. The van der Waals surface area contributed by atoms with Crippen LogP contribution in [-0.2, 0) is 12.0 Å². The van der Waals surface area contributed by atoms with E-state index in [-0.39, 0.29) is 0 Å². The number of halogens is 1. The lowest BCUT2D eigenvalue weighted by atomic mass is 9.78. The summed E-state index contributed by atoms with van der Waals surface area (Å²) >= 11 is 7.91. The van der Waals surface area contributed by atoms with Crippen molar-refractivity contribution in [1.82, 2.24) is 5.32 Å². The van der Waals surface area contributed by atoms with Gasteiger partial charge in [0.15, 0.2) is 0 Å². The first-order chi connectivity index (χ1) is 12.6. The van der Waals surface area contributed by atoms with Gasteiger partial charge in [-0.3, -0.25) is 0 Å². The lowest BCUT2D eigenvalue weighted by molar-refractivity contribution is -0.0223. The Kier molecular flexibility index (Phi) is 7.05. The van der Waals surface area contributed by atoms with Crippen LogP contribution in [0.25, 0.3) is 0 Å². The largest absolute Gasteiger partial charge is 0.385 e. The van der Waals surface area contributed by atoms with Crippen LogP contribution in [0.4, 0.5) is 0 Å². The molecular weight excluding hydrogens is 362 g/mol. The van der Waals surface area contributed by atoms with Gasteiger partial charge in [0.05, 0.1) is 5.60 Å². The molecule has 0 spiro atoms. The lowest BCUT2D eigenvalue weighted by Crippen LogP contribution is -2.40. The molecule has 26 heavy (non-hydrogen) atoms. The zero-order valence-corrected chi connectivity index (χ0v) is 16.9. The van der Waals surface area contributed by atoms with Gasteiger partial charge in [0.1, 0.15) is 0 Å². The molecule has 1 saturated heterocycles. The number of rotatable bonds is 8. The molecule has 140 valence electrons. The highest BCUT2D eigenvalue weighted by molar-refractivity contribution is 7.99. The third-order valence-corrected chi connectivity index (χ3v) is 6.75. The van der Waals surface area contributed by atoms with Crippen molar-refractivity contribution in [3.05, 3.63) is 70.7 Å². The van der Waals surface area contributed by atoms with Crippen molar-refractivity contribution in [3.63, 3.8) is 0 Å². The average Bonchev–Trinajstić information content (AvgIpc) is 3.20. The van der Waals surface area contributed by atoms with Crippen LogP contribution < -0.4 is 5.32 Å². The minimum Gasteiger partial charge on any atom is -0.385 e. The summed E-state index contributed by atoms with van der Waals surface area (Å²) in [5.41, 5.74) is 1.59. The molecule has 1 aliphatic heterocycles. The summed E-state index contributed by atoms with van der Waals surface area (Å²) in [4.78, 5) is 0. The monoisotopic (exact) mass is 389 g/mol. The summed E-state index contributed by atoms with van der Waals surface area (Å²) in [5, 5.41) is 15.9. The smallest absolute Gasteiger partial charge is 0.0944 e. The Labute approximate surface area is 166 Å². The Balaban J connectivity index is 1.58. The molecule has 3 unspecified atom stereocenters. The molecule has 0 aliphatic carbocycles. The number of aliphatic hydroxyl groups is 1. The highest BCUT2D eigenvalue weighted by Crippen LogP contribution is 2.41. The maximum Gasteiger partial charge on any atom is 0.0944 e. The van der Waals surface area contributed by atoms with E-state index in [1.165, 1.54) is 5.56 Å². The molecule has 0 amide bonds. The number of hydrogen-bond donors (Lipinski definition) is 2. The molecule has 0 radical (unpaired) electrons. The Bertz CT molecular complexity index is 672. The predicted octanol–water partition coefficient (Wildman–Crippen LogP) is 4.89. The van der Waals surface area contributed by atoms with Gasteiger partial charge in [-0.05, 0) is 67.5 Å². The van der Waals surface area contributed by atoms with Gasteiger partial charge in [0, 0.05) is 17.0 Å². The number of benzene rings is 2. The van der Waals surface area contributed by atoms with Crippen LogP contribution in [0.5, 0.6) is 0 Å². The van der Waals surface area contributed by atoms with Gasteiger partial charge >= 0.3 is 0 Å². The van der Waals surface area contributed by atoms with Gasteiger partial charge in [-0.15, -0.1) is 0 Å². The van der Waals surface area contributed by atoms with Crippen LogP contribution in [0.2, 0.25) is 5.02 Å². The summed E-state index contributed by atoms with van der Waals surface area (Å²) in [6, 6.07) is 18.6. The molecule has 2 N–H and O–H groups in total. The van der Waals surface area contributed by atoms with Crippen molar-refractivity contribution < 1.29 is 5.11 Å². The van der Waals surface area contributed by atoms with Gasteiger partial charge in [-0.1, -0.05) is 54.1 Å². The third kappa shape index (κ3) is 5.04. The van der Waals surface area contributed by atoms with Crippen LogP contribution in [0.3, 0.4) is 0 Å². The first-order valence-electron chi connectivity index (χ1n) is 9.41. The molecule has 0 aromatic heterocycles. The lowest BCUT2D eigenvalue weighted by Gasteiger charge is -2.35. The summed E-state index contributed by atoms with van der Waals surface area (Å²) < 4.78 is 0. The first kappa shape index (κ1) is 19.8. The van der Waals surface area contributed by atoms with Crippen LogP contribution in [-0.4, -0.2) is 29.2 Å². The van der Waals surface area contributed by atoms with Crippen LogP contribution in [0.1, 0.15) is 30.9 Å². The molecule has 2 aromatic carbocycles. The SMILES string of the molecule is CC(Cc1ccc(Cl)cc1)NCCC(O)(c1ccccc1)C1CCSC1. The maximum atomic E-state index is 11.5. The van der Waals surface area contributed by atoms with Crippen molar-refractivity contribution in [3.8, 4) is 0 Å². The number of nitrogens with one attached hydrogen (secondary N) is 1. The zero-order valence-electron chi connectivity index (χ0n) is 15.3. The fourth-order valence-corrected chi connectivity index (χ4v) is 5.25. The molecule has 0 bridgehead atoms. The summed E-state index contributed by atoms with van der Waals surface area (Å²) in [7, 11) is 0. The van der Waals surface area contributed by atoms with Gasteiger partial charge < -0.3 is 10.4 Å². The van der Waals surface area contributed by atoms with Crippen LogP contribution >= 0.6 is 23.4 Å². The Hall–Kier alpha value is -1.00. The minimum atomic E-state index is -0.738. The quantitative estimate of drug-likeness (QED) is 0.674. The highest BCUT2D eigenvalue weighted by atomic mass is 35.5. The fraction of sp³-hybridized carbons (Fsp3) is 0.455. The van der Waals surface area contributed by atoms with E-state index in [1.807, 2.05) is 42.1 Å². The van der Waals surface area contributed by atoms with E-state index < -0.39 is 5.60 Å². The topological polar surface area (TPSA) is 32.3 Å². The van der Waals surface area contributed by atoms with Gasteiger partial charge in [-0.2, -0.15) is 11.8 Å². The van der Waals surface area contributed by atoms with Crippen LogP contribution in [0, 0.1) is 5.92 Å². The molecule has 1 aliphatic rings. The van der Waals surface area contributed by atoms with Gasteiger partial charge in [-0.25, -0.2) is 0 Å². The average molecular weight is 390 g/mol. The molecule has 1 heterocycles. The molecule has 1 fully saturated rings. The van der Waals surface area contributed by atoms with Crippen molar-refractivity contribution in [1.29, 1.82) is 0 Å². The van der Waals surface area contributed by atoms with E-state index in [1.54, 1.807) is 0 Å². The molecule has 3 rings (SSSR count). The molecule has 3 atom stereocenters. The van der Waals surface area contributed by atoms with E-state index in [2.05, 4.69) is 36.5 Å². The van der Waals surface area contributed by atoms with E-state index in [0.717, 1.165) is 47.9 Å². The normalized spacial score (nSPS) is 20.7. The standard InChI is InChI=1S/C22H28ClNOS/c1-17(15-18-7-9-21(23)10-8-18)24-13-12-22(25,20-11-14-26-16-20)19-5-3-2-4-6-19/h2-10,17,20,24-25H,11-16H2,1H3. The molecular formula is C22H28ClNOS. The van der Waals surface area contributed by atoms with Crippen molar-refractivity contribution in [2.24, 2.45) is 5.92 Å². The maximum absolute atomic E-state index is 11.5. The Morgan fingerprint density at radius 3 is 2.58 bits per heavy atom. The van der Waals surface area contributed by atoms with Gasteiger partial charge in [0.2, 0.25) is 0 Å². The van der Waals surface area contributed by atoms with Crippen molar-refractivity contribution in [2.45, 2.75) is 37.8 Å². The highest BCUT2D eigenvalue weighted by Gasteiger charge is 2.39. The minimum absolute atomic E-state index is 0.336. The summed E-state index contributed by atoms with van der Waals surface area (Å²) in [6.07, 6.45) is 2.80. The van der Waals surface area contributed by atoms with E-state index in [9.17, 15) is 5.11 Å². The van der Waals surface area contributed by atoms with Gasteiger partial charge in [0.25, 0.3) is 0 Å². The van der Waals surface area contributed by atoms with Crippen molar-refractivity contribution in [2.75, 3.05) is 18.1 Å². The molecule has 4 heteroatoms. The van der Waals surface area contributed by atoms with Crippen molar-refractivity contribution >= 4 is 23.4 Å². The number of thioether (sulfide) groups is 1. The second-order valence-corrected chi connectivity index (χ2v) is 8.87. The van der Waals surface area contributed by atoms with E-state index >= 15 is 0 Å². The second-order valence-electron chi connectivity index (χ2n) is 7.29. The van der Waals surface area contributed by atoms with E-state index in [4.69, 9.17) is 11.6 Å². The fourth-order valence-electron chi connectivity index (χ4n) is 3.78. The first-order valence-corrected chi connectivity index (χ1v) is 10.9. The Morgan fingerprint density at radius 1 is 1.19 bits per heavy atom. The summed E-state index contributed by atoms with van der Waals surface area (Å²) in [6.45, 7) is 3.00. The predicted molar refractivity (Wildman–Crippen MR) is 113 cm³/mol. The molecule has 0 saturated carbocycles. The molecule has 2 nitrogen and oxygen atoms in total. The summed E-state index contributed by atoms with van der Waals surface area (Å²) in [5.74, 6) is 2.54.